The number of aliphatic hydroxyl groups is 1. The molecular weight excluding hydrogens is 339 g/mol. The van der Waals surface area contributed by atoms with Crippen LogP contribution in [0.15, 0.2) is 0 Å². The van der Waals surface area contributed by atoms with Crippen LogP contribution in [0.25, 0.3) is 0 Å². The summed E-state index contributed by atoms with van der Waals surface area (Å²) in [6, 6.07) is 0. The predicted molar refractivity (Wildman–Crippen MR) is 103 cm³/mol. The van der Waals surface area contributed by atoms with Crippen LogP contribution in [0, 0.1) is 0 Å². The molecule has 0 aromatic carbocycles. The number of unbranched alkanes of at least 4 members (excludes halogenated alkanes) is 14. The molecule has 0 fully saturated rings. The van der Waals surface area contributed by atoms with Crippen molar-refractivity contribution in [1.29, 1.82) is 0 Å². The molecule has 0 bridgehead atoms. The zero-order chi connectivity index (χ0) is 18.8. The maximum atomic E-state index is 11.3. The van der Waals surface area contributed by atoms with E-state index in [2.05, 4.69) is 11.7 Å². The third-order valence-corrected chi connectivity index (χ3v) is 4.54. The molecule has 5 heteroatoms. The van der Waals surface area contributed by atoms with Gasteiger partial charge in [0.05, 0.1) is 0 Å². The van der Waals surface area contributed by atoms with Gasteiger partial charge >= 0.3 is 41.5 Å². The van der Waals surface area contributed by atoms with Gasteiger partial charge in [-0.2, -0.15) is 0 Å². The minimum Gasteiger partial charge on any atom is -1.00 e. The van der Waals surface area contributed by atoms with E-state index in [1.807, 2.05) is 0 Å². The Hall–Kier alpha value is 0.1000. The van der Waals surface area contributed by atoms with Crippen molar-refractivity contribution in [2.75, 3.05) is 0 Å². The van der Waals surface area contributed by atoms with E-state index in [0.717, 1.165) is 19.3 Å². The van der Waals surface area contributed by atoms with Gasteiger partial charge < -0.3 is 11.3 Å². The Bertz CT molecular complexity index is 338. The van der Waals surface area contributed by atoms with Gasteiger partial charge in [-0.05, 0) is 13.3 Å². The first-order valence-corrected chi connectivity index (χ1v) is 10.5. The topological polar surface area (TPSA) is 63.6 Å². The van der Waals surface area contributed by atoms with Gasteiger partial charge in [0.1, 0.15) is 6.10 Å². The molecule has 4 nitrogen and oxygen atoms in total. The largest absolute Gasteiger partial charge is 1.00 e. The first-order chi connectivity index (χ1) is 12.1. The minimum atomic E-state index is -1.23. The third-order valence-electron chi connectivity index (χ3n) is 4.54. The van der Waals surface area contributed by atoms with E-state index in [0.29, 0.717) is 0 Å². The Kier molecular flexibility index (Phi) is 23.3. The molecule has 0 radical (unpaired) electrons. The summed E-state index contributed by atoms with van der Waals surface area (Å²) in [5.74, 6) is -1.38. The van der Waals surface area contributed by atoms with Crippen LogP contribution >= 0.6 is 0 Å². The van der Waals surface area contributed by atoms with Crippen LogP contribution in [-0.4, -0.2) is 23.1 Å². The third kappa shape index (κ3) is 20.4. The van der Waals surface area contributed by atoms with Crippen LogP contribution in [0.2, 0.25) is 0 Å². The molecule has 26 heavy (non-hydrogen) atoms. The molecule has 0 aromatic rings. The molecule has 0 aliphatic carbocycles. The summed E-state index contributed by atoms with van der Waals surface area (Å²) < 4.78 is 4.50. The molecule has 0 aliphatic heterocycles. The van der Waals surface area contributed by atoms with Crippen molar-refractivity contribution >= 4 is 11.9 Å². The number of rotatable bonds is 17. The van der Waals surface area contributed by atoms with Crippen molar-refractivity contribution in [2.45, 2.75) is 123 Å². The Morgan fingerprint density at radius 1 is 0.769 bits per heavy atom. The molecule has 0 aliphatic rings. The van der Waals surface area contributed by atoms with Gasteiger partial charge in [0.2, 0.25) is 0 Å². The monoisotopic (exact) mass is 380 g/mol. The molecule has 0 rings (SSSR count). The van der Waals surface area contributed by atoms with Gasteiger partial charge in [-0.15, -0.1) is 0 Å². The number of carbonyl (C=O) groups excluding carboxylic acids is 2. The van der Waals surface area contributed by atoms with Crippen LogP contribution in [0.3, 0.4) is 0 Å². The summed E-state index contributed by atoms with van der Waals surface area (Å²) >= 11 is 0. The van der Waals surface area contributed by atoms with Crippen LogP contribution in [0.4, 0.5) is 0 Å². The second-order valence-corrected chi connectivity index (χ2v) is 7.17. The van der Waals surface area contributed by atoms with Crippen molar-refractivity contribution in [3.8, 4) is 0 Å². The summed E-state index contributed by atoms with van der Waals surface area (Å²) in [6.45, 7) is 3.55. The van der Waals surface area contributed by atoms with Crippen LogP contribution in [0.1, 0.15) is 118 Å². The zero-order valence-electron chi connectivity index (χ0n) is 18.6. The maximum Gasteiger partial charge on any atom is 1.00 e. The van der Waals surface area contributed by atoms with Gasteiger partial charge in [-0.1, -0.05) is 96.8 Å². The van der Waals surface area contributed by atoms with Gasteiger partial charge in [0.15, 0.2) is 0 Å². The quantitative estimate of drug-likeness (QED) is 0.182. The van der Waals surface area contributed by atoms with E-state index in [1.165, 1.54) is 84.0 Å². The number of carbonyl (C=O) groups is 2. The molecule has 150 valence electrons. The normalized spacial score (nSPS) is 11.7. The van der Waals surface area contributed by atoms with E-state index in [-0.39, 0.29) is 37.4 Å². The first-order valence-electron chi connectivity index (χ1n) is 10.5. The first kappa shape index (κ1) is 28.3. The van der Waals surface area contributed by atoms with Crippen molar-refractivity contribution in [1.82, 2.24) is 0 Å². The fourth-order valence-corrected chi connectivity index (χ4v) is 2.89. The predicted octanol–water partition coefficient (Wildman–Crippen LogP) is 2.82. The molecule has 0 aromatic heterocycles. The number of hydrogen-bond acceptors (Lipinski definition) is 4. The molecular formula is C21H41NaO4. The standard InChI is InChI=1S/C21H40O4.Na.H/c1-3-4-5-6-7-8-9-10-11-12-13-14-15-16-17-18-20(23)25-21(24)19(2)22;;/h19,22H,3-18H2,1-2H3;;/q;+1;-1. The Labute approximate surface area is 184 Å². The van der Waals surface area contributed by atoms with Crippen molar-refractivity contribution in [2.24, 2.45) is 0 Å². The Balaban J connectivity index is -0.00000288. The second-order valence-electron chi connectivity index (χ2n) is 7.17. The second kappa shape index (κ2) is 21.4. The fourth-order valence-electron chi connectivity index (χ4n) is 2.89. The van der Waals surface area contributed by atoms with E-state index in [9.17, 15) is 9.59 Å². The van der Waals surface area contributed by atoms with E-state index in [1.54, 1.807) is 0 Å². The number of hydrogen-bond donors (Lipinski definition) is 1. The average molecular weight is 381 g/mol. The Morgan fingerprint density at radius 2 is 1.12 bits per heavy atom. The van der Waals surface area contributed by atoms with Crippen LogP contribution in [-0.2, 0) is 14.3 Å². The molecule has 1 unspecified atom stereocenters. The number of aliphatic hydroxyl groups excluding tert-OH is 1. The van der Waals surface area contributed by atoms with Crippen LogP contribution < -0.4 is 29.6 Å². The number of ether oxygens (including phenoxy) is 1. The molecule has 0 saturated carbocycles. The van der Waals surface area contributed by atoms with E-state index < -0.39 is 18.0 Å². The SMILES string of the molecule is CCCCCCCCCCCCCCCCCC(=O)OC(=O)C(C)O.[H-].[Na+]. The van der Waals surface area contributed by atoms with Gasteiger partial charge in [0.25, 0.3) is 0 Å². The van der Waals surface area contributed by atoms with E-state index >= 15 is 0 Å². The molecule has 0 heterocycles. The molecule has 1 atom stereocenters. The van der Waals surface area contributed by atoms with Crippen LogP contribution in [0.5, 0.6) is 0 Å². The van der Waals surface area contributed by atoms with E-state index in [4.69, 9.17) is 5.11 Å². The molecule has 1 N–H and O–H groups in total. The van der Waals surface area contributed by atoms with Crippen molar-refractivity contribution in [3.63, 3.8) is 0 Å². The molecule has 0 saturated heterocycles. The Morgan fingerprint density at radius 3 is 1.46 bits per heavy atom. The molecule has 0 amide bonds. The van der Waals surface area contributed by atoms with Crippen molar-refractivity contribution in [3.05, 3.63) is 0 Å². The maximum absolute atomic E-state index is 11.3. The summed E-state index contributed by atoms with van der Waals surface area (Å²) in [5.41, 5.74) is 0. The fraction of sp³-hybridized carbons (Fsp3) is 0.905. The average Bonchev–Trinajstić information content (AvgIpc) is 2.58. The van der Waals surface area contributed by atoms with Gasteiger partial charge in [-0.3, -0.25) is 4.79 Å². The molecule has 0 spiro atoms. The minimum absolute atomic E-state index is 0. The summed E-state index contributed by atoms with van der Waals surface area (Å²) in [7, 11) is 0. The van der Waals surface area contributed by atoms with Gasteiger partial charge in [-0.25, -0.2) is 4.79 Å². The summed E-state index contributed by atoms with van der Waals surface area (Å²) in [4.78, 5) is 22.4. The van der Waals surface area contributed by atoms with Crippen molar-refractivity contribution < 1.29 is 50.4 Å². The number of esters is 2. The summed E-state index contributed by atoms with van der Waals surface area (Å²) in [6.07, 6.45) is 18.2. The zero-order valence-corrected chi connectivity index (χ0v) is 19.6. The van der Waals surface area contributed by atoms with Gasteiger partial charge in [0, 0.05) is 6.42 Å². The summed E-state index contributed by atoms with van der Waals surface area (Å²) in [5, 5.41) is 8.95. The smallest absolute Gasteiger partial charge is 1.00 e.